The lowest BCUT2D eigenvalue weighted by atomic mass is 9.82. The highest BCUT2D eigenvalue weighted by Gasteiger charge is 2.44. The fourth-order valence-electron chi connectivity index (χ4n) is 7.43. The number of carboxylic acids is 1. The van der Waals surface area contributed by atoms with Crippen LogP contribution in [0.4, 0.5) is 5.69 Å². The van der Waals surface area contributed by atoms with Crippen molar-refractivity contribution in [2.45, 2.75) is 43.0 Å². The molecule has 4 aromatic rings. The molecule has 0 bridgehead atoms. The van der Waals surface area contributed by atoms with Crippen LogP contribution in [0.5, 0.6) is 0 Å². The molecule has 1 atom stereocenters. The lowest BCUT2D eigenvalue weighted by Gasteiger charge is -2.44. The molecule has 2 aromatic carbocycles. The number of carboxylic acid groups (broad SMARTS) is 1. The normalized spacial score (nSPS) is 19.7. The highest BCUT2D eigenvalue weighted by Crippen LogP contribution is 2.42. The molecule has 0 spiro atoms. The number of carbonyl (C=O) groups is 3. The number of benzene rings is 2. The minimum atomic E-state index is -4.11. The quantitative estimate of drug-likeness (QED) is 0.250. The number of hydrogen-bond donors (Lipinski definition) is 1. The second-order valence-electron chi connectivity index (χ2n) is 13.6. The van der Waals surface area contributed by atoms with Crippen LogP contribution in [-0.2, 0) is 14.8 Å². The number of likely N-dealkylation sites (N-methyl/N-ethyl adjacent to an activating group) is 1. The van der Waals surface area contributed by atoms with Gasteiger partial charge in [-0.15, -0.1) is 11.3 Å². The number of sulfonamides is 1. The first kappa shape index (κ1) is 35.0. The van der Waals surface area contributed by atoms with Crippen LogP contribution < -0.4 is 4.90 Å². The van der Waals surface area contributed by atoms with Gasteiger partial charge in [0.05, 0.1) is 24.0 Å². The van der Waals surface area contributed by atoms with Crippen LogP contribution >= 0.6 is 11.3 Å². The smallest absolute Gasteiger partial charge is 0.348 e. The van der Waals surface area contributed by atoms with Crippen LogP contribution in [0.3, 0.4) is 0 Å². The van der Waals surface area contributed by atoms with Gasteiger partial charge >= 0.3 is 5.97 Å². The molecule has 1 N–H and O–H groups in total. The van der Waals surface area contributed by atoms with Crippen molar-refractivity contribution in [1.82, 2.24) is 19.1 Å². The van der Waals surface area contributed by atoms with E-state index in [0.29, 0.717) is 30.0 Å². The van der Waals surface area contributed by atoms with Crippen molar-refractivity contribution in [3.8, 4) is 21.7 Å². The Morgan fingerprint density at radius 2 is 1.59 bits per heavy atom. The molecular weight excluding hydrogens is 687 g/mol. The van der Waals surface area contributed by atoms with Crippen LogP contribution in [0.2, 0.25) is 0 Å². The number of anilines is 1. The van der Waals surface area contributed by atoms with Gasteiger partial charge in [0, 0.05) is 54.9 Å². The van der Waals surface area contributed by atoms with Crippen LogP contribution in [0.1, 0.15) is 52.1 Å². The van der Waals surface area contributed by atoms with Gasteiger partial charge in [-0.05, 0) is 61.7 Å². The molecule has 2 saturated heterocycles. The van der Waals surface area contributed by atoms with E-state index in [1.54, 1.807) is 29.2 Å². The Morgan fingerprint density at radius 1 is 0.882 bits per heavy atom. The molecule has 13 heteroatoms. The molecule has 2 aromatic heterocycles. The van der Waals surface area contributed by atoms with E-state index in [1.807, 2.05) is 54.4 Å². The van der Waals surface area contributed by atoms with E-state index in [0.717, 1.165) is 72.5 Å². The van der Waals surface area contributed by atoms with Crippen molar-refractivity contribution in [1.29, 1.82) is 0 Å². The molecule has 2 aliphatic heterocycles. The monoisotopic (exact) mass is 727 g/mol. The van der Waals surface area contributed by atoms with Gasteiger partial charge in [0.25, 0.3) is 5.91 Å². The maximum atomic E-state index is 14.1. The van der Waals surface area contributed by atoms with Gasteiger partial charge in [0.1, 0.15) is 9.77 Å². The Hall–Kier alpha value is -4.43. The number of aromatic nitrogens is 1. The van der Waals surface area contributed by atoms with E-state index in [9.17, 15) is 27.9 Å². The third kappa shape index (κ3) is 7.21. The summed E-state index contributed by atoms with van der Waals surface area (Å²) in [5.41, 5.74) is 3.07. The minimum Gasteiger partial charge on any atom is -0.477 e. The van der Waals surface area contributed by atoms with Crippen molar-refractivity contribution in [3.63, 3.8) is 0 Å². The lowest BCUT2D eigenvalue weighted by Crippen LogP contribution is -2.60. The number of amides is 2. The van der Waals surface area contributed by atoms with Gasteiger partial charge in [0.15, 0.2) is 0 Å². The van der Waals surface area contributed by atoms with Crippen LogP contribution in [0.25, 0.3) is 21.7 Å². The third-order valence-electron chi connectivity index (χ3n) is 10.3. The average Bonchev–Trinajstić information content (AvgIpc) is 3.61. The number of hydrogen-bond acceptors (Lipinski definition) is 8. The molecule has 1 saturated carbocycles. The van der Waals surface area contributed by atoms with Gasteiger partial charge in [-0.1, -0.05) is 61.7 Å². The summed E-state index contributed by atoms with van der Waals surface area (Å²) in [6.45, 7) is 2.69. The van der Waals surface area contributed by atoms with Crippen LogP contribution in [0.15, 0.2) is 83.9 Å². The molecule has 4 heterocycles. The largest absolute Gasteiger partial charge is 0.477 e. The van der Waals surface area contributed by atoms with Crippen molar-refractivity contribution >= 4 is 44.8 Å². The first-order valence-corrected chi connectivity index (χ1v) is 19.6. The summed E-state index contributed by atoms with van der Waals surface area (Å²) in [5.74, 6) is -1.56. The van der Waals surface area contributed by atoms with Gasteiger partial charge in [-0.2, -0.15) is 4.31 Å². The molecule has 2 amide bonds. The van der Waals surface area contributed by atoms with Crippen LogP contribution in [0, 0.1) is 5.92 Å². The van der Waals surface area contributed by atoms with Crippen LogP contribution in [-0.4, -0.2) is 103 Å². The topological polar surface area (TPSA) is 131 Å². The first-order chi connectivity index (χ1) is 24.6. The number of rotatable bonds is 8. The average molecular weight is 728 g/mol. The number of thiophene rings is 1. The number of pyridine rings is 1. The summed E-state index contributed by atoms with van der Waals surface area (Å²) in [7, 11) is -2.07. The Balaban J connectivity index is 1.12. The lowest BCUT2D eigenvalue weighted by molar-refractivity contribution is -0.121. The summed E-state index contributed by atoms with van der Waals surface area (Å²) >= 11 is 1.12. The van der Waals surface area contributed by atoms with E-state index >= 15 is 0 Å². The number of aromatic carboxylic acids is 1. The van der Waals surface area contributed by atoms with E-state index < -0.39 is 34.5 Å². The molecule has 1 aliphatic carbocycles. The summed E-state index contributed by atoms with van der Waals surface area (Å²) in [4.78, 5) is 50.4. The Morgan fingerprint density at radius 3 is 2.24 bits per heavy atom. The first-order valence-electron chi connectivity index (χ1n) is 17.4. The Bertz CT molecular complexity index is 2000. The van der Waals surface area contributed by atoms with Gasteiger partial charge in [-0.3, -0.25) is 14.6 Å². The van der Waals surface area contributed by atoms with Crippen molar-refractivity contribution in [3.05, 3.63) is 89.4 Å². The van der Waals surface area contributed by atoms with Gasteiger partial charge < -0.3 is 19.8 Å². The molecular formula is C38H41N5O6S2. The number of nitrogens with zero attached hydrogens (tertiary/aromatic N) is 5. The summed E-state index contributed by atoms with van der Waals surface area (Å²) in [5, 5.41) is 10.2. The molecule has 0 unspecified atom stereocenters. The molecule has 0 radical (unpaired) electrons. The third-order valence-corrected chi connectivity index (χ3v) is 13.3. The standard InChI is InChI=1S/C38H41N5O6S2/c1-40-18-20-41(21-19-40)37(45)29-14-12-26(13-15-29)31-17-16-30(23-39-31)51(48,49)42-24-33(27-8-4-2-5-9-27)43(35(44)25-42)32-22-34(50-36(32)38(46)47)28-10-6-3-7-11-28/h3,6-7,10-17,22-23,27,33H,2,4-5,8-9,18-21,24-25H2,1H3,(H,46,47)/t33-/m0/s1. The van der Waals surface area contributed by atoms with E-state index in [1.165, 1.54) is 16.6 Å². The minimum absolute atomic E-state index is 0.0138. The molecule has 3 fully saturated rings. The Kier molecular flexibility index (Phi) is 10.1. The second kappa shape index (κ2) is 14.7. The zero-order chi connectivity index (χ0) is 35.7. The predicted molar refractivity (Wildman–Crippen MR) is 196 cm³/mol. The van der Waals surface area contributed by atoms with E-state index in [2.05, 4.69) is 9.88 Å². The summed E-state index contributed by atoms with van der Waals surface area (Å²) < 4.78 is 29.4. The van der Waals surface area contributed by atoms with E-state index in [4.69, 9.17) is 0 Å². The fourth-order valence-corrected chi connectivity index (χ4v) is 9.78. The zero-order valence-electron chi connectivity index (χ0n) is 28.5. The summed E-state index contributed by atoms with van der Waals surface area (Å²) in [6.07, 6.45) is 5.98. The van der Waals surface area contributed by atoms with Crippen molar-refractivity contribution in [2.75, 3.05) is 51.2 Å². The van der Waals surface area contributed by atoms with Crippen molar-refractivity contribution in [2.24, 2.45) is 5.92 Å². The fraction of sp³-hybridized carbons (Fsp3) is 0.368. The maximum Gasteiger partial charge on any atom is 0.348 e. The van der Waals surface area contributed by atoms with Gasteiger partial charge in [-0.25, -0.2) is 13.2 Å². The molecule has 266 valence electrons. The van der Waals surface area contributed by atoms with E-state index in [-0.39, 0.29) is 28.1 Å². The SMILES string of the molecule is CN1CCN(C(=O)c2ccc(-c3ccc(S(=O)(=O)N4CC(=O)N(c5cc(-c6ccccc6)sc5C(=O)O)[C@H](C5CCCCC5)C4)cn3)cc2)CC1. The number of piperazine rings is 2. The molecule has 3 aliphatic rings. The summed E-state index contributed by atoms with van der Waals surface area (Å²) in [6, 6.07) is 21.0. The Labute approximate surface area is 302 Å². The maximum absolute atomic E-state index is 14.1. The predicted octanol–water partition coefficient (Wildman–Crippen LogP) is 5.55. The molecule has 51 heavy (non-hydrogen) atoms. The number of carbonyl (C=O) groups excluding carboxylic acids is 2. The highest BCUT2D eigenvalue weighted by molar-refractivity contribution is 7.89. The second-order valence-corrected chi connectivity index (χ2v) is 16.6. The van der Waals surface area contributed by atoms with Crippen molar-refractivity contribution < 1.29 is 27.9 Å². The molecule has 7 rings (SSSR count). The molecule has 11 nitrogen and oxygen atoms in total. The zero-order valence-corrected chi connectivity index (χ0v) is 30.1. The highest BCUT2D eigenvalue weighted by atomic mass is 32.2. The van der Waals surface area contributed by atoms with Gasteiger partial charge in [0.2, 0.25) is 15.9 Å².